The Kier molecular flexibility index (Phi) is 22.3. The predicted octanol–water partition coefficient (Wildman–Crippen LogP) is 9.91. The highest BCUT2D eigenvalue weighted by Crippen LogP contribution is 2.42. The minimum atomic E-state index is -2.56. The van der Waals surface area contributed by atoms with Gasteiger partial charge in [0.05, 0.1) is 37.1 Å². The van der Waals surface area contributed by atoms with Crippen LogP contribution in [0.3, 0.4) is 0 Å². The van der Waals surface area contributed by atoms with Crippen molar-refractivity contribution in [3.8, 4) is 0 Å². The Bertz CT molecular complexity index is 2040. The normalized spacial score (nSPS) is 34.8. The molecule has 4 aliphatic rings. The number of allylic oxidation sites excluding steroid dienone is 3. The summed E-state index contributed by atoms with van der Waals surface area (Å²) in [6.07, 6.45) is 5.81. The molecule has 1 aliphatic carbocycles. The monoisotopic (exact) mass is 1040 g/mol. The van der Waals surface area contributed by atoms with Crippen LogP contribution in [0.15, 0.2) is 53.6 Å². The van der Waals surface area contributed by atoms with Crippen LogP contribution in [-0.2, 0) is 56.8 Å². The second-order valence-corrected chi connectivity index (χ2v) is 28.2. The van der Waals surface area contributed by atoms with Crippen LogP contribution in [-0.4, -0.2) is 138 Å². The summed E-state index contributed by atoms with van der Waals surface area (Å²) in [5.41, 5.74) is 2.88. The van der Waals surface area contributed by atoms with Gasteiger partial charge in [0.25, 0.3) is 11.7 Å². The van der Waals surface area contributed by atoms with E-state index in [9.17, 15) is 19.5 Å². The number of piperidine rings is 1. The van der Waals surface area contributed by atoms with Crippen LogP contribution in [0.2, 0.25) is 18.1 Å². The van der Waals surface area contributed by atoms with E-state index < -0.39 is 80.2 Å². The summed E-state index contributed by atoms with van der Waals surface area (Å²) in [7, 11) is 3.96. The summed E-state index contributed by atoms with van der Waals surface area (Å²) in [4.78, 5) is 60.4. The molecule has 5 rings (SSSR count). The number of rotatable bonds is 13. The van der Waals surface area contributed by atoms with Gasteiger partial charge in [-0.3, -0.25) is 14.4 Å². The van der Waals surface area contributed by atoms with Crippen molar-refractivity contribution in [2.75, 3.05) is 41.6 Å². The number of cyclic esters (lactones) is 1. The van der Waals surface area contributed by atoms with Crippen molar-refractivity contribution in [2.24, 2.45) is 29.6 Å². The van der Waals surface area contributed by atoms with Gasteiger partial charge in [0.15, 0.2) is 8.32 Å². The smallest absolute Gasteiger partial charge is 0.329 e. The third-order valence-electron chi connectivity index (χ3n) is 17.0. The molecule has 0 radical (unpaired) electrons. The van der Waals surface area contributed by atoms with Gasteiger partial charge < -0.3 is 47.6 Å². The first-order valence-electron chi connectivity index (χ1n) is 27.2. The van der Waals surface area contributed by atoms with E-state index in [4.69, 9.17) is 37.6 Å². The van der Waals surface area contributed by atoms with Crippen molar-refractivity contribution in [3.63, 3.8) is 0 Å². The first-order valence-corrected chi connectivity index (χ1v) is 30.1. The van der Waals surface area contributed by atoms with Crippen LogP contribution in [0.1, 0.15) is 145 Å². The third-order valence-corrected chi connectivity index (χ3v) is 21.5. The van der Waals surface area contributed by atoms with Crippen molar-refractivity contribution in [1.82, 2.24) is 4.90 Å². The number of carbonyl (C=O) groups excluding carboxylic acids is 4. The molecule has 73 heavy (non-hydrogen) atoms. The zero-order valence-corrected chi connectivity index (χ0v) is 48.1. The van der Waals surface area contributed by atoms with Gasteiger partial charge in [-0.2, -0.15) is 0 Å². The quantitative estimate of drug-likeness (QED) is 0.0860. The van der Waals surface area contributed by atoms with Crippen molar-refractivity contribution in [2.45, 2.75) is 212 Å². The highest BCUT2D eigenvalue weighted by Gasteiger charge is 2.57. The number of carbonyl (C=O) groups is 4. The highest BCUT2D eigenvalue weighted by atomic mass is 28.4. The molecule has 1 N–H and O–H groups in total. The van der Waals surface area contributed by atoms with Crippen molar-refractivity contribution in [3.05, 3.63) is 59.2 Å². The number of methoxy groups -OCH3 is 4. The maximum absolute atomic E-state index is 15.0. The van der Waals surface area contributed by atoms with Gasteiger partial charge in [0.2, 0.25) is 5.79 Å². The Hall–Kier alpha value is -3.12. The maximum atomic E-state index is 15.0. The number of amides is 1. The van der Waals surface area contributed by atoms with Gasteiger partial charge in [-0.05, 0) is 119 Å². The first-order chi connectivity index (χ1) is 34.4. The predicted molar refractivity (Wildman–Crippen MR) is 284 cm³/mol. The minimum Gasteiger partial charge on any atom is -0.456 e. The van der Waals surface area contributed by atoms with Crippen LogP contribution in [0, 0.1) is 29.6 Å². The molecule has 412 valence electrons. The SMILES string of the molecule is CCC1C=C(C)CC(C)CC(OC)C2OC(O)(C(=O)C(=O)N3CCCCC3C(=O)OC(C(C)=CC3CCC(OCC(OC)c4ccccc4)C(OC)C3)C(C)C(O[Si](C)(C)C(C)(C)C)CC1=O)C(C)CC2OC. The van der Waals surface area contributed by atoms with E-state index in [1.54, 1.807) is 35.4 Å². The summed E-state index contributed by atoms with van der Waals surface area (Å²) in [6, 6.07) is 8.90. The Morgan fingerprint density at radius 3 is 2.15 bits per heavy atom. The van der Waals surface area contributed by atoms with Gasteiger partial charge >= 0.3 is 5.97 Å². The molecule has 3 heterocycles. The summed E-state index contributed by atoms with van der Waals surface area (Å²) in [5, 5.41) is 12.1. The topological polar surface area (TPSA) is 166 Å². The number of nitrogens with zero attached hydrogens (tertiary/aromatic N) is 1. The van der Waals surface area contributed by atoms with Gasteiger partial charge in [-0.15, -0.1) is 0 Å². The number of benzene rings is 1. The molecule has 2 saturated heterocycles. The molecule has 3 fully saturated rings. The fourth-order valence-electron chi connectivity index (χ4n) is 11.4. The van der Waals surface area contributed by atoms with E-state index >= 15 is 4.79 Å². The Balaban J connectivity index is 1.57. The van der Waals surface area contributed by atoms with E-state index in [2.05, 4.69) is 52.9 Å². The molecule has 1 amide bonds. The number of Topliss-reactive ketones (excluding diaryl/α,β-unsaturated/α-hetero) is 2. The largest absolute Gasteiger partial charge is 0.456 e. The summed E-state index contributed by atoms with van der Waals surface area (Å²) >= 11 is 0. The van der Waals surface area contributed by atoms with E-state index in [-0.39, 0.29) is 72.7 Å². The van der Waals surface area contributed by atoms with E-state index in [0.29, 0.717) is 45.1 Å². The summed E-state index contributed by atoms with van der Waals surface area (Å²) < 4.78 is 50.7. The fourth-order valence-corrected chi connectivity index (χ4v) is 12.8. The molecule has 15 heteroatoms. The van der Waals surface area contributed by atoms with Gasteiger partial charge in [-0.25, -0.2) is 4.79 Å². The average molecular weight is 1040 g/mol. The lowest BCUT2D eigenvalue weighted by atomic mass is 9.81. The van der Waals surface area contributed by atoms with E-state index in [1.165, 1.54) is 4.90 Å². The van der Waals surface area contributed by atoms with Gasteiger partial charge in [0, 0.05) is 59.2 Å². The molecule has 1 saturated carbocycles. The van der Waals surface area contributed by atoms with Crippen LogP contribution < -0.4 is 0 Å². The lowest BCUT2D eigenvalue weighted by molar-refractivity contribution is -0.302. The number of hydrogen-bond donors (Lipinski definition) is 1. The fraction of sp³-hybridized carbons (Fsp3) is 0.759. The molecule has 1 aromatic rings. The second-order valence-electron chi connectivity index (χ2n) is 23.4. The molecule has 14 nitrogen and oxygen atoms in total. The van der Waals surface area contributed by atoms with Crippen molar-refractivity contribution < 1.29 is 61.9 Å². The number of hydrogen-bond acceptors (Lipinski definition) is 13. The molecule has 15 unspecified atom stereocenters. The molecule has 2 bridgehead atoms. The second kappa shape index (κ2) is 26.8. The Morgan fingerprint density at radius 1 is 0.877 bits per heavy atom. The molecule has 1 aromatic carbocycles. The summed E-state index contributed by atoms with van der Waals surface area (Å²) in [5.74, 6) is -6.89. The molecule has 0 aromatic heterocycles. The van der Waals surface area contributed by atoms with Gasteiger partial charge in [-0.1, -0.05) is 96.5 Å². The van der Waals surface area contributed by atoms with Crippen molar-refractivity contribution in [1.29, 1.82) is 0 Å². The molecular formula is C58H93NO13Si. The van der Waals surface area contributed by atoms with Crippen molar-refractivity contribution >= 4 is 31.8 Å². The minimum absolute atomic E-state index is 0.0393. The van der Waals surface area contributed by atoms with Crippen LogP contribution in [0.4, 0.5) is 0 Å². The standard InChI is InChI=1S/C58H93NO13Si/c1-16-42-29-36(2)28-37(3)30-49(66-11)53-50(67-12)32-39(5)58(64,71-53)54(61)55(62)59-27-21-20-24-44(59)56(63)70-52(40(6)47(34-45(42)60)72-73(14,15)57(7,8)9)38(4)31-41-25-26-46(48(33-41)65-10)69-35-51(68-13)43-22-18-17-19-23-43/h17-19,22-23,29,31,37,39-42,44,46-53,64H,16,20-21,24-28,30,32-35H2,1-15H3. The van der Waals surface area contributed by atoms with Crippen LogP contribution in [0.25, 0.3) is 0 Å². The lowest BCUT2D eigenvalue weighted by Gasteiger charge is -2.47. The van der Waals surface area contributed by atoms with Crippen LogP contribution >= 0.6 is 0 Å². The molecule has 15 atom stereocenters. The highest BCUT2D eigenvalue weighted by molar-refractivity contribution is 6.74. The van der Waals surface area contributed by atoms with Gasteiger partial charge in [0.1, 0.15) is 30.1 Å². The zero-order valence-electron chi connectivity index (χ0n) is 47.1. The Labute approximate surface area is 439 Å². The number of ether oxygens (including phenoxy) is 7. The number of fused-ring (bicyclic) bond motifs is 3. The number of ketones is 2. The first kappa shape index (κ1) is 60.7. The number of aliphatic hydroxyl groups is 1. The van der Waals surface area contributed by atoms with E-state index in [1.807, 2.05) is 58.0 Å². The molecule has 0 spiro atoms. The lowest BCUT2D eigenvalue weighted by Crippen LogP contribution is -2.64. The maximum Gasteiger partial charge on any atom is 0.329 e. The van der Waals surface area contributed by atoms with E-state index in [0.717, 1.165) is 29.6 Å². The summed E-state index contributed by atoms with van der Waals surface area (Å²) in [6.45, 7) is 23.2. The molecule has 3 aliphatic heterocycles. The third kappa shape index (κ3) is 15.1. The number of esters is 1. The zero-order chi connectivity index (χ0) is 54.0. The van der Waals surface area contributed by atoms with Crippen LogP contribution in [0.5, 0.6) is 0 Å². The average Bonchev–Trinajstić information content (AvgIpc) is 3.36. The molecular weight excluding hydrogens is 947 g/mol. The Morgan fingerprint density at radius 2 is 1.53 bits per heavy atom.